The first-order valence-electron chi connectivity index (χ1n) is 11.5. The minimum Gasteiger partial charge on any atom is -0.368 e. The summed E-state index contributed by atoms with van der Waals surface area (Å²) in [6.45, 7) is 6.81. The van der Waals surface area contributed by atoms with Gasteiger partial charge in [-0.3, -0.25) is 19.3 Å². The van der Waals surface area contributed by atoms with Gasteiger partial charge in [-0.1, -0.05) is 43.7 Å². The van der Waals surface area contributed by atoms with Crippen LogP contribution in [0.5, 0.6) is 0 Å². The molecule has 2 aliphatic heterocycles. The van der Waals surface area contributed by atoms with E-state index in [1.807, 2.05) is 25.1 Å². The van der Waals surface area contributed by atoms with Gasteiger partial charge in [-0.2, -0.15) is 0 Å². The zero-order valence-corrected chi connectivity index (χ0v) is 19.2. The van der Waals surface area contributed by atoms with Crippen LogP contribution in [0.15, 0.2) is 60.3 Å². The SMILES string of the molecule is CCCCN1C(=O)C(c2ccc(NC(C)=O)cc2)=C(N2CCN(c3ccccc3)CC2)C1=O. The highest BCUT2D eigenvalue weighted by molar-refractivity contribution is 6.35. The third kappa shape index (κ3) is 4.77. The van der Waals surface area contributed by atoms with Gasteiger partial charge in [0, 0.05) is 51.0 Å². The Labute approximate surface area is 194 Å². The van der Waals surface area contributed by atoms with Crippen LogP contribution in [-0.2, 0) is 14.4 Å². The van der Waals surface area contributed by atoms with Crippen molar-refractivity contribution >= 4 is 34.7 Å². The summed E-state index contributed by atoms with van der Waals surface area (Å²) in [6.07, 6.45) is 1.68. The van der Waals surface area contributed by atoms with Gasteiger partial charge in [0.2, 0.25) is 5.91 Å². The average molecular weight is 447 g/mol. The van der Waals surface area contributed by atoms with Crippen molar-refractivity contribution in [3.8, 4) is 0 Å². The standard InChI is InChI=1S/C26H30N4O3/c1-3-4-14-30-25(32)23(20-10-12-21(13-11-20)27-19(2)31)24(26(30)33)29-17-15-28(16-18-29)22-8-6-5-7-9-22/h5-13H,3-4,14-18H2,1-2H3,(H,27,31). The van der Waals surface area contributed by atoms with Crippen LogP contribution in [-0.4, -0.2) is 60.2 Å². The number of nitrogens with zero attached hydrogens (tertiary/aromatic N) is 3. The van der Waals surface area contributed by atoms with Crippen molar-refractivity contribution < 1.29 is 14.4 Å². The average Bonchev–Trinajstić information content (AvgIpc) is 3.08. The number of rotatable bonds is 7. The quantitative estimate of drug-likeness (QED) is 0.661. The van der Waals surface area contributed by atoms with Crippen molar-refractivity contribution in [1.29, 1.82) is 0 Å². The number of para-hydroxylation sites is 1. The molecule has 2 aliphatic rings. The Hall–Kier alpha value is -3.61. The lowest BCUT2D eigenvalue weighted by Gasteiger charge is -2.37. The van der Waals surface area contributed by atoms with Gasteiger partial charge >= 0.3 is 0 Å². The van der Waals surface area contributed by atoms with Crippen molar-refractivity contribution in [2.24, 2.45) is 0 Å². The smallest absolute Gasteiger partial charge is 0.277 e. The van der Waals surface area contributed by atoms with Crippen LogP contribution in [0.1, 0.15) is 32.3 Å². The number of amides is 3. The number of hydrogen-bond donors (Lipinski definition) is 1. The maximum atomic E-state index is 13.4. The van der Waals surface area contributed by atoms with Gasteiger partial charge in [-0.25, -0.2) is 0 Å². The first kappa shape index (κ1) is 22.6. The molecule has 3 amide bonds. The van der Waals surface area contributed by atoms with Gasteiger partial charge in [0.05, 0.1) is 5.57 Å². The Morgan fingerprint density at radius 1 is 0.879 bits per heavy atom. The summed E-state index contributed by atoms with van der Waals surface area (Å²) in [5.41, 5.74) is 3.47. The minimum atomic E-state index is -0.235. The molecule has 1 fully saturated rings. The summed E-state index contributed by atoms with van der Waals surface area (Å²) in [4.78, 5) is 43.9. The van der Waals surface area contributed by atoms with E-state index in [9.17, 15) is 14.4 Å². The zero-order valence-electron chi connectivity index (χ0n) is 19.2. The number of nitrogens with one attached hydrogen (secondary N) is 1. The van der Waals surface area contributed by atoms with E-state index in [4.69, 9.17) is 0 Å². The van der Waals surface area contributed by atoms with Crippen molar-refractivity contribution in [2.75, 3.05) is 42.9 Å². The number of benzene rings is 2. The van der Waals surface area contributed by atoms with E-state index in [1.165, 1.54) is 17.5 Å². The molecule has 7 heteroatoms. The summed E-state index contributed by atoms with van der Waals surface area (Å²) < 4.78 is 0. The van der Waals surface area contributed by atoms with E-state index in [0.717, 1.165) is 25.9 Å². The zero-order chi connectivity index (χ0) is 23.4. The van der Waals surface area contributed by atoms with Gasteiger partial charge in [0.15, 0.2) is 0 Å². The van der Waals surface area contributed by atoms with Crippen LogP contribution in [0.3, 0.4) is 0 Å². The molecule has 0 atom stereocenters. The van der Waals surface area contributed by atoms with E-state index in [0.29, 0.717) is 42.2 Å². The van der Waals surface area contributed by atoms with E-state index >= 15 is 0 Å². The molecular formula is C26H30N4O3. The van der Waals surface area contributed by atoms with E-state index in [1.54, 1.807) is 24.3 Å². The molecule has 172 valence electrons. The van der Waals surface area contributed by atoms with Crippen LogP contribution in [0, 0.1) is 0 Å². The van der Waals surface area contributed by atoms with Gasteiger partial charge < -0.3 is 15.1 Å². The fraction of sp³-hybridized carbons (Fsp3) is 0.346. The van der Waals surface area contributed by atoms with Crippen LogP contribution in [0.2, 0.25) is 0 Å². The first-order chi connectivity index (χ1) is 16.0. The molecule has 0 aromatic heterocycles. The van der Waals surface area contributed by atoms with Crippen molar-refractivity contribution in [3.63, 3.8) is 0 Å². The number of piperazine rings is 1. The van der Waals surface area contributed by atoms with Crippen molar-refractivity contribution in [1.82, 2.24) is 9.80 Å². The Morgan fingerprint density at radius 2 is 1.52 bits per heavy atom. The molecule has 0 spiro atoms. The third-order valence-corrected chi connectivity index (χ3v) is 6.09. The van der Waals surface area contributed by atoms with Gasteiger partial charge in [-0.05, 0) is 36.2 Å². The monoisotopic (exact) mass is 446 g/mol. The highest BCUT2D eigenvalue weighted by Gasteiger charge is 2.41. The second kappa shape index (κ2) is 9.90. The highest BCUT2D eigenvalue weighted by atomic mass is 16.2. The maximum absolute atomic E-state index is 13.4. The van der Waals surface area contributed by atoms with Crippen molar-refractivity contribution in [3.05, 3.63) is 65.9 Å². The summed E-state index contributed by atoms with van der Waals surface area (Å²) >= 11 is 0. The molecule has 0 bridgehead atoms. The predicted molar refractivity (Wildman–Crippen MR) is 130 cm³/mol. The topological polar surface area (TPSA) is 73.0 Å². The number of anilines is 2. The van der Waals surface area contributed by atoms with Gasteiger partial charge in [-0.15, -0.1) is 0 Å². The molecule has 0 aliphatic carbocycles. The molecule has 1 N–H and O–H groups in total. The fourth-order valence-electron chi connectivity index (χ4n) is 4.39. The third-order valence-electron chi connectivity index (χ3n) is 6.09. The van der Waals surface area contributed by atoms with E-state index in [2.05, 4.69) is 27.2 Å². The highest BCUT2D eigenvalue weighted by Crippen LogP contribution is 2.33. The second-order valence-electron chi connectivity index (χ2n) is 8.41. The Bertz CT molecular complexity index is 1050. The van der Waals surface area contributed by atoms with Crippen LogP contribution in [0.25, 0.3) is 5.57 Å². The number of unbranched alkanes of at least 4 members (excludes halogenated alkanes) is 1. The molecule has 2 heterocycles. The summed E-state index contributed by atoms with van der Waals surface area (Å²) in [5, 5.41) is 2.74. The summed E-state index contributed by atoms with van der Waals surface area (Å²) in [6, 6.07) is 17.4. The van der Waals surface area contributed by atoms with Crippen LogP contribution >= 0.6 is 0 Å². The lowest BCUT2D eigenvalue weighted by molar-refractivity contribution is -0.137. The second-order valence-corrected chi connectivity index (χ2v) is 8.41. The Morgan fingerprint density at radius 3 is 2.12 bits per heavy atom. The first-order valence-corrected chi connectivity index (χ1v) is 11.5. The number of carbonyl (C=O) groups excluding carboxylic acids is 3. The number of carbonyl (C=O) groups is 3. The molecule has 7 nitrogen and oxygen atoms in total. The largest absolute Gasteiger partial charge is 0.368 e. The Balaban J connectivity index is 1.62. The fourth-order valence-corrected chi connectivity index (χ4v) is 4.39. The van der Waals surface area contributed by atoms with E-state index in [-0.39, 0.29) is 17.7 Å². The molecule has 33 heavy (non-hydrogen) atoms. The molecular weight excluding hydrogens is 416 g/mol. The molecule has 1 saturated heterocycles. The minimum absolute atomic E-state index is 0.156. The lowest BCUT2D eigenvalue weighted by atomic mass is 10.0. The van der Waals surface area contributed by atoms with Gasteiger partial charge in [0.25, 0.3) is 11.8 Å². The molecule has 0 unspecified atom stereocenters. The predicted octanol–water partition coefficient (Wildman–Crippen LogP) is 3.35. The molecule has 2 aromatic carbocycles. The molecule has 0 radical (unpaired) electrons. The maximum Gasteiger partial charge on any atom is 0.277 e. The summed E-state index contributed by atoms with van der Waals surface area (Å²) in [7, 11) is 0. The Kier molecular flexibility index (Phi) is 6.77. The van der Waals surface area contributed by atoms with E-state index < -0.39 is 0 Å². The molecule has 4 rings (SSSR count). The molecule has 0 saturated carbocycles. The lowest BCUT2D eigenvalue weighted by Crippen LogP contribution is -2.47. The van der Waals surface area contributed by atoms with Crippen LogP contribution < -0.4 is 10.2 Å². The summed E-state index contributed by atoms with van der Waals surface area (Å²) in [5.74, 6) is -0.597. The number of hydrogen-bond acceptors (Lipinski definition) is 5. The number of imide groups is 1. The normalized spacial score (nSPS) is 16.6. The van der Waals surface area contributed by atoms with Gasteiger partial charge in [0.1, 0.15) is 5.70 Å². The van der Waals surface area contributed by atoms with Crippen molar-refractivity contribution in [2.45, 2.75) is 26.7 Å². The van der Waals surface area contributed by atoms with Crippen LogP contribution in [0.4, 0.5) is 11.4 Å². The molecule has 2 aromatic rings.